The van der Waals surface area contributed by atoms with Gasteiger partial charge in [0.1, 0.15) is 0 Å². The number of aryl methyl sites for hydroxylation is 2. The standard InChI is InChI=1S/C18H23N3O2/c1-4-21(12-17(22)15-7-5-13(2)6-8-15)18(23)20-16-9-10-19-11-14(16)3/h5-11,17,22H,4,12H2,1-3H3,(H,19,20,23). The number of aliphatic hydroxyl groups excluding tert-OH is 1. The highest BCUT2D eigenvalue weighted by Gasteiger charge is 2.18. The lowest BCUT2D eigenvalue weighted by molar-refractivity contribution is 0.128. The molecule has 0 aliphatic rings. The van der Waals surface area contributed by atoms with Crippen LogP contribution >= 0.6 is 0 Å². The summed E-state index contributed by atoms with van der Waals surface area (Å²) in [4.78, 5) is 18.0. The van der Waals surface area contributed by atoms with Gasteiger partial charge in [0.25, 0.3) is 0 Å². The molecule has 1 unspecified atom stereocenters. The van der Waals surface area contributed by atoms with Crippen molar-refractivity contribution in [3.05, 3.63) is 59.4 Å². The molecule has 2 aromatic rings. The first-order chi connectivity index (χ1) is 11.0. The zero-order valence-electron chi connectivity index (χ0n) is 13.8. The number of aromatic nitrogens is 1. The first kappa shape index (κ1) is 17.0. The number of hydrogen-bond donors (Lipinski definition) is 2. The second-order valence-corrected chi connectivity index (χ2v) is 5.59. The number of hydrogen-bond acceptors (Lipinski definition) is 3. The van der Waals surface area contributed by atoms with Crippen LogP contribution in [0.5, 0.6) is 0 Å². The molecule has 0 fully saturated rings. The number of rotatable bonds is 5. The molecule has 23 heavy (non-hydrogen) atoms. The Labute approximate surface area is 137 Å². The monoisotopic (exact) mass is 313 g/mol. The van der Waals surface area contributed by atoms with E-state index in [1.165, 1.54) is 0 Å². The Hall–Kier alpha value is -2.40. The maximum Gasteiger partial charge on any atom is 0.321 e. The Bertz CT molecular complexity index is 656. The van der Waals surface area contributed by atoms with Crippen LogP contribution < -0.4 is 5.32 Å². The number of carbonyl (C=O) groups excluding carboxylic acids is 1. The third kappa shape index (κ3) is 4.53. The molecule has 2 amide bonds. The normalized spacial score (nSPS) is 11.8. The van der Waals surface area contributed by atoms with Gasteiger partial charge in [-0.1, -0.05) is 29.8 Å². The van der Waals surface area contributed by atoms with Gasteiger partial charge in [-0.3, -0.25) is 4.98 Å². The van der Waals surface area contributed by atoms with Gasteiger partial charge in [0.15, 0.2) is 0 Å². The van der Waals surface area contributed by atoms with Crippen molar-refractivity contribution in [2.45, 2.75) is 26.9 Å². The van der Waals surface area contributed by atoms with Crippen LogP contribution in [-0.2, 0) is 0 Å². The lowest BCUT2D eigenvalue weighted by Gasteiger charge is -2.25. The van der Waals surface area contributed by atoms with E-state index in [9.17, 15) is 9.90 Å². The van der Waals surface area contributed by atoms with Crippen LogP contribution in [-0.4, -0.2) is 34.1 Å². The van der Waals surface area contributed by atoms with Crippen molar-refractivity contribution in [1.29, 1.82) is 0 Å². The van der Waals surface area contributed by atoms with Crippen LogP contribution in [0.2, 0.25) is 0 Å². The summed E-state index contributed by atoms with van der Waals surface area (Å²) in [5.74, 6) is 0. The number of anilines is 1. The quantitative estimate of drug-likeness (QED) is 0.890. The minimum Gasteiger partial charge on any atom is -0.387 e. The zero-order chi connectivity index (χ0) is 16.8. The van der Waals surface area contributed by atoms with Crippen LogP contribution in [0.1, 0.15) is 29.7 Å². The molecule has 122 valence electrons. The summed E-state index contributed by atoms with van der Waals surface area (Å²) in [7, 11) is 0. The number of nitrogens with zero attached hydrogens (tertiary/aromatic N) is 2. The highest BCUT2D eigenvalue weighted by atomic mass is 16.3. The summed E-state index contributed by atoms with van der Waals surface area (Å²) in [5.41, 5.74) is 3.57. The number of aliphatic hydroxyl groups is 1. The van der Waals surface area contributed by atoms with Gasteiger partial charge in [-0.25, -0.2) is 4.79 Å². The van der Waals surface area contributed by atoms with Crippen molar-refractivity contribution in [3.8, 4) is 0 Å². The molecule has 0 spiro atoms. The van der Waals surface area contributed by atoms with E-state index in [1.54, 1.807) is 23.4 Å². The highest BCUT2D eigenvalue weighted by molar-refractivity contribution is 5.90. The summed E-state index contributed by atoms with van der Waals surface area (Å²) in [6, 6.07) is 9.22. The lowest BCUT2D eigenvalue weighted by atomic mass is 10.1. The van der Waals surface area contributed by atoms with E-state index in [4.69, 9.17) is 0 Å². The van der Waals surface area contributed by atoms with Gasteiger partial charge in [0.05, 0.1) is 12.6 Å². The summed E-state index contributed by atoms with van der Waals surface area (Å²) < 4.78 is 0. The average Bonchev–Trinajstić information content (AvgIpc) is 2.55. The van der Waals surface area contributed by atoms with Crippen LogP contribution in [0.25, 0.3) is 0 Å². The van der Waals surface area contributed by atoms with Crippen LogP contribution in [0, 0.1) is 13.8 Å². The first-order valence-corrected chi connectivity index (χ1v) is 7.72. The SMILES string of the molecule is CCN(CC(O)c1ccc(C)cc1)C(=O)Nc1ccncc1C. The predicted octanol–water partition coefficient (Wildman–Crippen LogP) is 3.29. The largest absolute Gasteiger partial charge is 0.387 e. The molecule has 0 aliphatic carbocycles. The molecule has 0 bridgehead atoms. The smallest absolute Gasteiger partial charge is 0.321 e. The topological polar surface area (TPSA) is 65.5 Å². The van der Waals surface area contributed by atoms with E-state index in [0.717, 1.165) is 22.4 Å². The molecule has 2 rings (SSSR count). The van der Waals surface area contributed by atoms with Crippen molar-refractivity contribution in [1.82, 2.24) is 9.88 Å². The van der Waals surface area contributed by atoms with Gasteiger partial charge in [-0.15, -0.1) is 0 Å². The Balaban J connectivity index is 2.02. The van der Waals surface area contributed by atoms with Gasteiger partial charge >= 0.3 is 6.03 Å². The summed E-state index contributed by atoms with van der Waals surface area (Å²) in [5, 5.41) is 13.2. The van der Waals surface area contributed by atoms with Crippen LogP contribution in [0.3, 0.4) is 0 Å². The molecule has 5 nitrogen and oxygen atoms in total. The highest BCUT2D eigenvalue weighted by Crippen LogP contribution is 2.17. The van der Waals surface area contributed by atoms with Gasteiger partial charge in [0.2, 0.25) is 0 Å². The Morgan fingerprint density at radius 2 is 1.96 bits per heavy atom. The fourth-order valence-corrected chi connectivity index (χ4v) is 2.27. The van der Waals surface area contributed by atoms with Gasteiger partial charge in [-0.2, -0.15) is 0 Å². The number of pyridine rings is 1. The van der Waals surface area contributed by atoms with Crippen molar-refractivity contribution in [2.75, 3.05) is 18.4 Å². The van der Waals surface area contributed by atoms with E-state index in [1.807, 2.05) is 45.0 Å². The lowest BCUT2D eigenvalue weighted by Crippen LogP contribution is -2.38. The predicted molar refractivity (Wildman–Crippen MR) is 91.4 cm³/mol. The molecular weight excluding hydrogens is 290 g/mol. The molecular formula is C18H23N3O2. The zero-order valence-corrected chi connectivity index (χ0v) is 13.8. The van der Waals surface area contributed by atoms with E-state index in [-0.39, 0.29) is 12.6 Å². The number of likely N-dealkylation sites (N-methyl/N-ethyl adjacent to an activating group) is 1. The second-order valence-electron chi connectivity index (χ2n) is 5.59. The van der Waals surface area contributed by atoms with Crippen molar-refractivity contribution < 1.29 is 9.90 Å². The summed E-state index contributed by atoms with van der Waals surface area (Å²) in [6.07, 6.45) is 2.63. The Morgan fingerprint density at radius 1 is 1.26 bits per heavy atom. The fraction of sp³-hybridized carbons (Fsp3) is 0.333. The molecule has 5 heteroatoms. The number of benzene rings is 1. The van der Waals surface area contributed by atoms with Gasteiger partial charge < -0.3 is 15.3 Å². The van der Waals surface area contributed by atoms with Crippen LogP contribution in [0.4, 0.5) is 10.5 Å². The second kappa shape index (κ2) is 7.74. The molecule has 1 atom stereocenters. The molecule has 0 aliphatic heterocycles. The average molecular weight is 313 g/mol. The summed E-state index contributed by atoms with van der Waals surface area (Å²) >= 11 is 0. The Kier molecular flexibility index (Phi) is 5.71. The number of nitrogens with one attached hydrogen (secondary N) is 1. The fourth-order valence-electron chi connectivity index (χ4n) is 2.27. The number of carbonyl (C=O) groups is 1. The number of urea groups is 1. The molecule has 0 saturated heterocycles. The van der Waals surface area contributed by atoms with E-state index in [2.05, 4.69) is 10.3 Å². The first-order valence-electron chi connectivity index (χ1n) is 7.72. The van der Waals surface area contributed by atoms with Crippen LogP contribution in [0.15, 0.2) is 42.7 Å². The van der Waals surface area contributed by atoms with Crippen molar-refractivity contribution in [2.24, 2.45) is 0 Å². The third-order valence-corrected chi connectivity index (χ3v) is 3.79. The molecule has 1 heterocycles. The Morgan fingerprint density at radius 3 is 2.57 bits per heavy atom. The van der Waals surface area contributed by atoms with Gasteiger partial charge in [0, 0.05) is 24.6 Å². The van der Waals surface area contributed by atoms with E-state index < -0.39 is 6.10 Å². The maximum absolute atomic E-state index is 12.4. The minimum atomic E-state index is -0.708. The minimum absolute atomic E-state index is 0.229. The number of amides is 2. The van der Waals surface area contributed by atoms with Crippen molar-refractivity contribution in [3.63, 3.8) is 0 Å². The maximum atomic E-state index is 12.4. The van der Waals surface area contributed by atoms with E-state index in [0.29, 0.717) is 6.54 Å². The molecule has 1 aromatic carbocycles. The third-order valence-electron chi connectivity index (χ3n) is 3.79. The molecule has 1 aromatic heterocycles. The molecule has 0 radical (unpaired) electrons. The van der Waals surface area contributed by atoms with Gasteiger partial charge in [-0.05, 0) is 38.0 Å². The molecule has 0 saturated carbocycles. The van der Waals surface area contributed by atoms with Crippen molar-refractivity contribution >= 4 is 11.7 Å². The van der Waals surface area contributed by atoms with E-state index >= 15 is 0 Å². The summed E-state index contributed by atoms with van der Waals surface area (Å²) in [6.45, 7) is 6.54. The molecule has 2 N–H and O–H groups in total.